The van der Waals surface area contributed by atoms with Crippen LogP contribution in [0.25, 0.3) is 0 Å². The van der Waals surface area contributed by atoms with Crippen LogP contribution in [0.5, 0.6) is 0 Å². The van der Waals surface area contributed by atoms with E-state index in [1.54, 1.807) is 24.3 Å². The lowest BCUT2D eigenvalue weighted by atomic mass is 9.78. The zero-order chi connectivity index (χ0) is 11.3. The van der Waals surface area contributed by atoms with Gasteiger partial charge < -0.3 is 15.9 Å². The molecule has 4 N–H and O–H groups in total. The minimum absolute atomic E-state index is 0.0209. The molecule has 0 amide bonds. The van der Waals surface area contributed by atoms with E-state index in [1.807, 2.05) is 6.07 Å². The van der Waals surface area contributed by atoms with Crippen LogP contribution in [0.1, 0.15) is 12.0 Å². The number of rotatable bonds is 5. The third-order valence-electron chi connectivity index (χ3n) is 2.62. The molecule has 0 aliphatic heterocycles. The van der Waals surface area contributed by atoms with Crippen molar-refractivity contribution in [2.75, 3.05) is 13.2 Å². The van der Waals surface area contributed by atoms with Crippen molar-refractivity contribution in [2.45, 2.75) is 11.8 Å². The lowest BCUT2D eigenvalue weighted by molar-refractivity contribution is -0.144. The Kier molecular flexibility index (Phi) is 3.82. The van der Waals surface area contributed by atoms with Crippen LogP contribution in [-0.4, -0.2) is 29.3 Å². The largest absolute Gasteiger partial charge is 0.481 e. The lowest BCUT2D eigenvalue weighted by Gasteiger charge is -2.27. The van der Waals surface area contributed by atoms with Crippen LogP contribution >= 0.6 is 0 Å². The van der Waals surface area contributed by atoms with Gasteiger partial charge in [0.05, 0.1) is 0 Å². The van der Waals surface area contributed by atoms with E-state index in [9.17, 15) is 9.90 Å². The summed E-state index contributed by atoms with van der Waals surface area (Å²) in [6.07, 6.45) is 0.128. The molecule has 15 heavy (non-hydrogen) atoms. The first kappa shape index (κ1) is 11.7. The standard InChI is InChI=1S/C11H15NO3/c12-8-11(6-7-13,10(14)15)9-4-2-1-3-5-9/h1-5,13H,6-8,12H2,(H,14,15). The van der Waals surface area contributed by atoms with Gasteiger partial charge in [-0.05, 0) is 12.0 Å². The zero-order valence-corrected chi connectivity index (χ0v) is 8.39. The van der Waals surface area contributed by atoms with E-state index in [4.69, 9.17) is 10.8 Å². The number of carboxylic acids is 1. The Morgan fingerprint density at radius 3 is 2.33 bits per heavy atom. The van der Waals surface area contributed by atoms with Crippen LogP contribution in [0.4, 0.5) is 0 Å². The van der Waals surface area contributed by atoms with Crippen LogP contribution < -0.4 is 5.73 Å². The van der Waals surface area contributed by atoms with Crippen molar-refractivity contribution in [3.63, 3.8) is 0 Å². The van der Waals surface area contributed by atoms with Crippen LogP contribution in [0, 0.1) is 0 Å². The molecule has 4 nitrogen and oxygen atoms in total. The molecule has 0 bridgehead atoms. The lowest BCUT2D eigenvalue weighted by Crippen LogP contribution is -2.43. The average molecular weight is 209 g/mol. The van der Waals surface area contributed by atoms with Crippen molar-refractivity contribution in [1.29, 1.82) is 0 Å². The van der Waals surface area contributed by atoms with Crippen molar-refractivity contribution >= 4 is 5.97 Å². The minimum Gasteiger partial charge on any atom is -0.481 e. The van der Waals surface area contributed by atoms with Crippen LogP contribution in [0.3, 0.4) is 0 Å². The Morgan fingerprint density at radius 2 is 1.93 bits per heavy atom. The maximum Gasteiger partial charge on any atom is 0.315 e. The first-order chi connectivity index (χ1) is 7.17. The number of aliphatic hydroxyl groups excluding tert-OH is 1. The Hall–Kier alpha value is -1.39. The van der Waals surface area contributed by atoms with E-state index < -0.39 is 11.4 Å². The summed E-state index contributed by atoms with van der Waals surface area (Å²) in [5.74, 6) is -0.995. The maximum absolute atomic E-state index is 11.3. The Morgan fingerprint density at radius 1 is 1.33 bits per heavy atom. The number of carboxylic acid groups (broad SMARTS) is 1. The Balaban J connectivity index is 3.15. The molecule has 0 fully saturated rings. The molecule has 0 heterocycles. The van der Waals surface area contributed by atoms with E-state index in [0.29, 0.717) is 5.56 Å². The van der Waals surface area contributed by atoms with E-state index in [2.05, 4.69) is 0 Å². The van der Waals surface area contributed by atoms with Gasteiger partial charge >= 0.3 is 5.97 Å². The summed E-state index contributed by atoms with van der Waals surface area (Å²) in [6, 6.07) is 8.78. The Labute approximate surface area is 88.3 Å². The Bertz CT molecular complexity index is 326. The number of aliphatic hydroxyl groups is 1. The molecule has 0 saturated heterocycles. The van der Waals surface area contributed by atoms with Crippen molar-refractivity contribution in [2.24, 2.45) is 5.73 Å². The van der Waals surface area contributed by atoms with Gasteiger partial charge in [-0.2, -0.15) is 0 Å². The van der Waals surface area contributed by atoms with Crippen LogP contribution in [-0.2, 0) is 10.2 Å². The van der Waals surface area contributed by atoms with Gasteiger partial charge in [-0.1, -0.05) is 30.3 Å². The van der Waals surface area contributed by atoms with Crippen LogP contribution in [0.15, 0.2) is 30.3 Å². The molecule has 0 saturated carbocycles. The zero-order valence-electron chi connectivity index (χ0n) is 8.39. The van der Waals surface area contributed by atoms with Crippen molar-refractivity contribution < 1.29 is 15.0 Å². The number of nitrogens with two attached hydrogens (primary N) is 1. The second-order valence-corrected chi connectivity index (χ2v) is 3.43. The molecule has 0 aliphatic carbocycles. The number of hydrogen-bond acceptors (Lipinski definition) is 3. The average Bonchev–Trinajstić information content (AvgIpc) is 2.26. The summed E-state index contributed by atoms with van der Waals surface area (Å²) in [5, 5.41) is 18.1. The van der Waals surface area contributed by atoms with E-state index in [0.717, 1.165) is 0 Å². The summed E-state index contributed by atoms with van der Waals surface area (Å²) < 4.78 is 0. The highest BCUT2D eigenvalue weighted by molar-refractivity contribution is 5.81. The summed E-state index contributed by atoms with van der Waals surface area (Å²) in [4.78, 5) is 11.3. The molecule has 4 heteroatoms. The van der Waals surface area contributed by atoms with Gasteiger partial charge in [0.15, 0.2) is 0 Å². The topological polar surface area (TPSA) is 83.5 Å². The normalized spacial score (nSPS) is 14.5. The van der Waals surface area contributed by atoms with Crippen molar-refractivity contribution in [3.8, 4) is 0 Å². The predicted molar refractivity (Wildman–Crippen MR) is 56.5 cm³/mol. The third kappa shape index (κ3) is 2.16. The molecule has 1 aromatic rings. The number of carbonyl (C=O) groups is 1. The monoisotopic (exact) mass is 209 g/mol. The first-order valence-electron chi connectivity index (χ1n) is 4.77. The fraction of sp³-hybridized carbons (Fsp3) is 0.364. The summed E-state index contributed by atoms with van der Waals surface area (Å²) >= 11 is 0. The van der Waals surface area contributed by atoms with E-state index in [-0.39, 0.29) is 19.6 Å². The number of hydrogen-bond donors (Lipinski definition) is 3. The smallest absolute Gasteiger partial charge is 0.315 e. The highest BCUT2D eigenvalue weighted by Gasteiger charge is 2.38. The molecule has 1 unspecified atom stereocenters. The van der Waals surface area contributed by atoms with Crippen LogP contribution in [0.2, 0.25) is 0 Å². The number of benzene rings is 1. The van der Waals surface area contributed by atoms with Gasteiger partial charge in [0, 0.05) is 13.2 Å². The predicted octanol–water partition coefficient (Wildman–Crippen LogP) is 0.350. The fourth-order valence-electron chi connectivity index (χ4n) is 1.63. The van der Waals surface area contributed by atoms with Gasteiger partial charge in [-0.25, -0.2) is 0 Å². The van der Waals surface area contributed by atoms with Gasteiger partial charge in [-0.3, -0.25) is 4.79 Å². The maximum atomic E-state index is 11.3. The molecule has 0 spiro atoms. The fourth-order valence-corrected chi connectivity index (χ4v) is 1.63. The van der Waals surface area contributed by atoms with E-state index in [1.165, 1.54) is 0 Å². The van der Waals surface area contributed by atoms with Crippen molar-refractivity contribution in [3.05, 3.63) is 35.9 Å². The molecular weight excluding hydrogens is 194 g/mol. The minimum atomic E-state index is -1.17. The molecule has 0 aliphatic rings. The molecule has 1 aromatic carbocycles. The van der Waals surface area contributed by atoms with Gasteiger partial charge in [0.2, 0.25) is 0 Å². The SMILES string of the molecule is NCC(CCO)(C(=O)O)c1ccccc1. The van der Waals surface area contributed by atoms with Gasteiger partial charge in [0.25, 0.3) is 0 Å². The summed E-state index contributed by atoms with van der Waals surface area (Å²) in [7, 11) is 0. The summed E-state index contributed by atoms with van der Waals surface area (Å²) in [5.41, 5.74) is 5.00. The van der Waals surface area contributed by atoms with Crippen molar-refractivity contribution in [1.82, 2.24) is 0 Å². The third-order valence-corrected chi connectivity index (χ3v) is 2.62. The van der Waals surface area contributed by atoms with Gasteiger partial charge in [-0.15, -0.1) is 0 Å². The first-order valence-corrected chi connectivity index (χ1v) is 4.77. The molecule has 1 rings (SSSR count). The molecular formula is C11H15NO3. The van der Waals surface area contributed by atoms with Gasteiger partial charge in [0.1, 0.15) is 5.41 Å². The molecule has 1 atom stereocenters. The van der Waals surface area contributed by atoms with E-state index >= 15 is 0 Å². The molecule has 0 aromatic heterocycles. The second kappa shape index (κ2) is 4.91. The molecule has 0 radical (unpaired) electrons. The highest BCUT2D eigenvalue weighted by atomic mass is 16.4. The summed E-state index contributed by atoms with van der Waals surface area (Å²) in [6.45, 7) is -0.217. The molecule has 82 valence electrons. The number of aliphatic carboxylic acids is 1. The quantitative estimate of drug-likeness (QED) is 0.653. The second-order valence-electron chi connectivity index (χ2n) is 3.43. The highest BCUT2D eigenvalue weighted by Crippen LogP contribution is 2.27.